The van der Waals surface area contributed by atoms with Gasteiger partial charge in [0.25, 0.3) is 5.91 Å². The summed E-state index contributed by atoms with van der Waals surface area (Å²) in [6, 6.07) is 15.8. The van der Waals surface area contributed by atoms with E-state index in [0.717, 1.165) is 12.0 Å². The zero-order chi connectivity index (χ0) is 17.4. The molecule has 4 nitrogen and oxygen atoms in total. The molecule has 4 heteroatoms. The highest BCUT2D eigenvalue weighted by Gasteiger charge is 2.04. The van der Waals surface area contributed by atoms with E-state index in [1.165, 1.54) is 11.1 Å². The van der Waals surface area contributed by atoms with Crippen molar-refractivity contribution in [3.8, 4) is 5.75 Å². The van der Waals surface area contributed by atoms with E-state index < -0.39 is 0 Å². The second-order valence-electron chi connectivity index (χ2n) is 5.90. The molecular weight excluding hydrogens is 300 g/mol. The van der Waals surface area contributed by atoms with Crippen LogP contribution in [0.5, 0.6) is 5.75 Å². The highest BCUT2D eigenvalue weighted by Crippen LogP contribution is 2.19. The molecule has 1 N–H and O–H groups in total. The van der Waals surface area contributed by atoms with E-state index in [4.69, 9.17) is 4.74 Å². The van der Waals surface area contributed by atoms with Gasteiger partial charge in [-0.25, -0.2) is 5.43 Å². The van der Waals surface area contributed by atoms with Crippen molar-refractivity contribution < 1.29 is 9.53 Å². The summed E-state index contributed by atoms with van der Waals surface area (Å²) in [5, 5.41) is 3.95. The number of ether oxygens (including phenoxy) is 1. The number of aryl methyl sites for hydroxylation is 1. The van der Waals surface area contributed by atoms with E-state index in [-0.39, 0.29) is 12.5 Å². The van der Waals surface area contributed by atoms with E-state index in [1.807, 2.05) is 48.5 Å². The van der Waals surface area contributed by atoms with Crippen molar-refractivity contribution in [3.05, 3.63) is 65.2 Å². The summed E-state index contributed by atoms with van der Waals surface area (Å²) in [7, 11) is 0. The van der Waals surface area contributed by atoms with Crippen molar-refractivity contribution in [3.63, 3.8) is 0 Å². The fraction of sp³-hybridized carbons (Fsp3) is 0.300. The van der Waals surface area contributed by atoms with Crippen molar-refractivity contribution in [2.45, 2.75) is 33.1 Å². The molecule has 0 aliphatic rings. The first-order valence-corrected chi connectivity index (χ1v) is 8.22. The van der Waals surface area contributed by atoms with Crippen molar-refractivity contribution >= 4 is 12.1 Å². The smallest absolute Gasteiger partial charge is 0.277 e. The topological polar surface area (TPSA) is 50.7 Å². The lowest BCUT2D eigenvalue weighted by atomic mass is 10.0. The van der Waals surface area contributed by atoms with Gasteiger partial charge in [-0.2, -0.15) is 5.10 Å². The van der Waals surface area contributed by atoms with Gasteiger partial charge in [-0.3, -0.25) is 4.79 Å². The van der Waals surface area contributed by atoms with Gasteiger partial charge in [-0.1, -0.05) is 57.2 Å². The minimum Gasteiger partial charge on any atom is -0.484 e. The molecule has 0 fully saturated rings. The Morgan fingerprint density at radius 3 is 2.62 bits per heavy atom. The lowest BCUT2D eigenvalue weighted by molar-refractivity contribution is -0.123. The summed E-state index contributed by atoms with van der Waals surface area (Å²) in [6.07, 6.45) is 2.63. The highest BCUT2D eigenvalue weighted by molar-refractivity contribution is 5.82. The average Bonchev–Trinajstić information content (AvgIpc) is 2.61. The Hall–Kier alpha value is -2.62. The van der Waals surface area contributed by atoms with E-state index in [2.05, 4.69) is 31.3 Å². The number of benzene rings is 2. The third kappa shape index (κ3) is 5.54. The Bertz CT molecular complexity index is 691. The molecule has 2 aromatic carbocycles. The maximum Gasteiger partial charge on any atom is 0.277 e. The molecule has 0 aromatic heterocycles. The predicted octanol–water partition coefficient (Wildman–Crippen LogP) is 3.90. The van der Waals surface area contributed by atoms with Crippen molar-refractivity contribution in [1.82, 2.24) is 5.43 Å². The quantitative estimate of drug-likeness (QED) is 0.620. The molecule has 0 heterocycles. The summed E-state index contributed by atoms with van der Waals surface area (Å²) < 4.78 is 5.51. The first-order chi connectivity index (χ1) is 11.6. The summed E-state index contributed by atoms with van der Waals surface area (Å²) in [5.74, 6) is 0.827. The minimum atomic E-state index is -0.286. The normalized spacial score (nSPS) is 11.0. The number of carbonyl (C=O) groups is 1. The van der Waals surface area contributed by atoms with Gasteiger partial charge in [0.2, 0.25) is 0 Å². The Labute approximate surface area is 143 Å². The largest absolute Gasteiger partial charge is 0.484 e. The van der Waals surface area contributed by atoms with E-state index in [0.29, 0.717) is 11.7 Å². The Balaban J connectivity index is 1.80. The zero-order valence-corrected chi connectivity index (χ0v) is 14.5. The molecule has 0 saturated heterocycles. The zero-order valence-electron chi connectivity index (χ0n) is 14.5. The molecule has 1 amide bonds. The molecule has 0 radical (unpaired) electrons. The molecule has 2 rings (SSSR count). The average molecular weight is 324 g/mol. The summed E-state index contributed by atoms with van der Waals surface area (Å²) >= 11 is 0. The maximum atomic E-state index is 11.8. The van der Waals surface area contributed by atoms with E-state index in [9.17, 15) is 4.79 Å². The van der Waals surface area contributed by atoms with Crippen LogP contribution >= 0.6 is 0 Å². The van der Waals surface area contributed by atoms with Crippen LogP contribution in [-0.4, -0.2) is 18.7 Å². The molecule has 0 saturated carbocycles. The lowest BCUT2D eigenvalue weighted by Gasteiger charge is -2.09. The van der Waals surface area contributed by atoms with Gasteiger partial charge in [0.1, 0.15) is 5.75 Å². The van der Waals surface area contributed by atoms with Crippen LogP contribution in [0.2, 0.25) is 0 Å². The molecule has 0 spiro atoms. The number of hydrogen-bond acceptors (Lipinski definition) is 3. The van der Waals surface area contributed by atoms with Crippen molar-refractivity contribution in [1.29, 1.82) is 0 Å². The van der Waals surface area contributed by atoms with Crippen LogP contribution in [0.25, 0.3) is 0 Å². The summed E-state index contributed by atoms with van der Waals surface area (Å²) in [6.45, 7) is 6.29. The summed E-state index contributed by atoms with van der Waals surface area (Å²) in [5.41, 5.74) is 5.87. The third-order valence-corrected chi connectivity index (χ3v) is 3.69. The van der Waals surface area contributed by atoms with E-state index >= 15 is 0 Å². The van der Waals surface area contributed by atoms with Crippen LogP contribution in [0.4, 0.5) is 0 Å². The molecule has 0 aliphatic heterocycles. The molecule has 126 valence electrons. The van der Waals surface area contributed by atoms with Crippen molar-refractivity contribution in [2.24, 2.45) is 5.10 Å². The number of nitrogens with one attached hydrogen (secondary N) is 1. The fourth-order valence-electron chi connectivity index (χ4n) is 2.16. The van der Waals surface area contributed by atoms with E-state index in [1.54, 1.807) is 6.21 Å². The second-order valence-corrected chi connectivity index (χ2v) is 5.90. The SMILES string of the molecule is CCc1ccc(/C=N/NC(=O)COc2cccc(C(C)C)c2)cc1. The van der Waals surface area contributed by atoms with Gasteiger partial charge in [0, 0.05) is 0 Å². The Morgan fingerprint density at radius 2 is 1.96 bits per heavy atom. The lowest BCUT2D eigenvalue weighted by Crippen LogP contribution is -2.24. The molecule has 0 atom stereocenters. The fourth-order valence-corrected chi connectivity index (χ4v) is 2.16. The van der Waals surface area contributed by atoms with Crippen LogP contribution in [0, 0.1) is 0 Å². The Morgan fingerprint density at radius 1 is 1.21 bits per heavy atom. The minimum absolute atomic E-state index is 0.0618. The number of rotatable bonds is 7. The molecule has 0 unspecified atom stereocenters. The van der Waals surface area contributed by atoms with Gasteiger partial charge in [0.15, 0.2) is 6.61 Å². The number of nitrogens with zero attached hydrogens (tertiary/aromatic N) is 1. The van der Waals surface area contributed by atoms with Gasteiger partial charge in [0.05, 0.1) is 6.21 Å². The standard InChI is InChI=1S/C20H24N2O2/c1-4-16-8-10-17(11-9-16)13-21-22-20(23)14-24-19-7-5-6-18(12-19)15(2)3/h5-13,15H,4,14H2,1-3H3,(H,22,23)/b21-13+. The molecular formula is C20H24N2O2. The molecule has 24 heavy (non-hydrogen) atoms. The Kier molecular flexibility index (Phi) is 6.55. The third-order valence-electron chi connectivity index (χ3n) is 3.69. The second kappa shape index (κ2) is 8.87. The van der Waals surface area contributed by atoms with Crippen molar-refractivity contribution in [2.75, 3.05) is 6.61 Å². The predicted molar refractivity (Wildman–Crippen MR) is 97.6 cm³/mol. The van der Waals surface area contributed by atoms with Crippen LogP contribution in [0.1, 0.15) is 43.4 Å². The van der Waals surface area contributed by atoms with Gasteiger partial charge in [-0.15, -0.1) is 0 Å². The van der Waals surface area contributed by atoms with Gasteiger partial charge in [-0.05, 0) is 41.2 Å². The summed E-state index contributed by atoms with van der Waals surface area (Å²) in [4.78, 5) is 11.8. The highest BCUT2D eigenvalue weighted by atomic mass is 16.5. The molecule has 0 bridgehead atoms. The number of hydrogen-bond donors (Lipinski definition) is 1. The monoisotopic (exact) mass is 324 g/mol. The van der Waals surface area contributed by atoms with Gasteiger partial charge >= 0.3 is 0 Å². The van der Waals surface area contributed by atoms with Gasteiger partial charge < -0.3 is 4.74 Å². The first-order valence-electron chi connectivity index (χ1n) is 8.22. The number of carbonyl (C=O) groups excluding carboxylic acids is 1. The molecule has 0 aliphatic carbocycles. The van der Waals surface area contributed by atoms with Crippen LogP contribution in [-0.2, 0) is 11.2 Å². The van der Waals surface area contributed by atoms with Crippen LogP contribution < -0.4 is 10.2 Å². The maximum absolute atomic E-state index is 11.8. The van der Waals surface area contributed by atoms with Crippen LogP contribution in [0.15, 0.2) is 53.6 Å². The first kappa shape index (κ1) is 17.7. The number of amides is 1. The molecule has 2 aromatic rings. The van der Waals surface area contributed by atoms with Crippen LogP contribution in [0.3, 0.4) is 0 Å². The number of hydrazone groups is 1.